The second-order valence-corrected chi connectivity index (χ2v) is 4.02. The molecule has 0 aliphatic heterocycles. The minimum Gasteiger partial charge on any atom is -0.224 e. The van der Waals surface area contributed by atoms with Crippen LogP contribution in [0.1, 0.15) is 5.56 Å². The molecule has 0 N–H and O–H groups in total. The van der Waals surface area contributed by atoms with E-state index in [1.807, 2.05) is 43.3 Å². The third-order valence-electron chi connectivity index (χ3n) is 2.27. The fourth-order valence-electron chi connectivity index (χ4n) is 1.47. The SMILES string of the molecule is Cc1c(-c2ccccc2)cc(Cl)nc1Cl. The molecule has 0 atom stereocenters. The number of hydrogen-bond acceptors (Lipinski definition) is 1. The Morgan fingerprint density at radius 1 is 1.07 bits per heavy atom. The molecule has 3 heteroatoms. The Labute approximate surface area is 98.7 Å². The van der Waals surface area contributed by atoms with E-state index in [0.717, 1.165) is 16.7 Å². The normalized spacial score (nSPS) is 10.3. The highest BCUT2D eigenvalue weighted by molar-refractivity contribution is 6.33. The quantitative estimate of drug-likeness (QED) is 0.672. The smallest absolute Gasteiger partial charge is 0.134 e. The Hall–Kier alpha value is -1.05. The minimum absolute atomic E-state index is 0.421. The maximum Gasteiger partial charge on any atom is 0.134 e. The maximum atomic E-state index is 5.97. The zero-order valence-electron chi connectivity index (χ0n) is 8.17. The van der Waals surface area contributed by atoms with Gasteiger partial charge in [-0.05, 0) is 29.7 Å². The van der Waals surface area contributed by atoms with Crippen molar-refractivity contribution in [1.29, 1.82) is 0 Å². The first-order valence-electron chi connectivity index (χ1n) is 4.56. The summed E-state index contributed by atoms with van der Waals surface area (Å²) in [6.07, 6.45) is 0. The Kier molecular flexibility index (Phi) is 2.94. The zero-order valence-corrected chi connectivity index (χ0v) is 9.68. The maximum absolute atomic E-state index is 5.97. The van der Waals surface area contributed by atoms with Crippen LogP contribution in [0.25, 0.3) is 11.1 Å². The first-order chi connectivity index (χ1) is 7.18. The molecule has 0 fully saturated rings. The van der Waals surface area contributed by atoms with Gasteiger partial charge in [0.15, 0.2) is 0 Å². The van der Waals surface area contributed by atoms with Crippen molar-refractivity contribution < 1.29 is 0 Å². The fourth-order valence-corrected chi connectivity index (χ4v) is 1.90. The van der Waals surface area contributed by atoms with Gasteiger partial charge in [-0.25, -0.2) is 4.98 Å². The van der Waals surface area contributed by atoms with E-state index in [0.29, 0.717) is 10.3 Å². The third kappa shape index (κ3) is 2.14. The van der Waals surface area contributed by atoms with Crippen molar-refractivity contribution >= 4 is 23.2 Å². The summed E-state index contributed by atoms with van der Waals surface area (Å²) in [5, 5.41) is 0.880. The van der Waals surface area contributed by atoms with Crippen LogP contribution in [0.5, 0.6) is 0 Å². The predicted molar refractivity (Wildman–Crippen MR) is 64.4 cm³/mol. The highest BCUT2D eigenvalue weighted by Crippen LogP contribution is 2.29. The van der Waals surface area contributed by atoms with E-state index in [1.54, 1.807) is 0 Å². The Morgan fingerprint density at radius 2 is 1.73 bits per heavy atom. The van der Waals surface area contributed by atoms with Crippen molar-refractivity contribution in [3.63, 3.8) is 0 Å². The van der Waals surface area contributed by atoms with E-state index in [1.165, 1.54) is 0 Å². The van der Waals surface area contributed by atoms with Crippen LogP contribution in [-0.4, -0.2) is 4.98 Å². The molecule has 15 heavy (non-hydrogen) atoms. The standard InChI is InChI=1S/C12H9Cl2N/c1-8-10(7-11(13)15-12(8)14)9-5-3-2-4-6-9/h2-7H,1H3. The molecule has 0 aliphatic rings. The number of hydrogen-bond donors (Lipinski definition) is 0. The first kappa shape index (κ1) is 10.5. The van der Waals surface area contributed by atoms with E-state index < -0.39 is 0 Å². The summed E-state index contributed by atoms with van der Waals surface area (Å²) in [5.41, 5.74) is 3.08. The molecular formula is C12H9Cl2N. The average molecular weight is 238 g/mol. The molecule has 2 rings (SSSR count). The van der Waals surface area contributed by atoms with Crippen molar-refractivity contribution in [3.05, 3.63) is 52.3 Å². The Morgan fingerprint density at radius 3 is 2.40 bits per heavy atom. The van der Waals surface area contributed by atoms with Gasteiger partial charge in [-0.15, -0.1) is 0 Å². The van der Waals surface area contributed by atoms with E-state index in [9.17, 15) is 0 Å². The van der Waals surface area contributed by atoms with Gasteiger partial charge in [0.05, 0.1) is 0 Å². The van der Waals surface area contributed by atoms with Gasteiger partial charge in [-0.3, -0.25) is 0 Å². The number of nitrogens with zero attached hydrogens (tertiary/aromatic N) is 1. The van der Waals surface area contributed by atoms with Crippen molar-refractivity contribution in [2.75, 3.05) is 0 Å². The molecular weight excluding hydrogens is 229 g/mol. The van der Waals surface area contributed by atoms with Gasteiger partial charge in [0.1, 0.15) is 10.3 Å². The molecule has 1 nitrogen and oxygen atoms in total. The van der Waals surface area contributed by atoms with Crippen LogP contribution in [0.2, 0.25) is 10.3 Å². The van der Waals surface area contributed by atoms with Crippen molar-refractivity contribution in [2.45, 2.75) is 6.92 Å². The minimum atomic E-state index is 0.421. The summed E-state index contributed by atoms with van der Waals surface area (Å²) >= 11 is 11.8. The lowest BCUT2D eigenvalue weighted by molar-refractivity contribution is 1.27. The molecule has 0 radical (unpaired) electrons. The molecule has 1 heterocycles. The fraction of sp³-hybridized carbons (Fsp3) is 0.0833. The summed E-state index contributed by atoms with van der Waals surface area (Å²) < 4.78 is 0. The molecule has 0 unspecified atom stereocenters. The van der Waals surface area contributed by atoms with Crippen molar-refractivity contribution in [3.8, 4) is 11.1 Å². The molecule has 2 aromatic rings. The van der Waals surface area contributed by atoms with Crippen LogP contribution in [0.15, 0.2) is 36.4 Å². The predicted octanol–water partition coefficient (Wildman–Crippen LogP) is 4.36. The molecule has 0 bridgehead atoms. The first-order valence-corrected chi connectivity index (χ1v) is 5.32. The molecule has 0 spiro atoms. The van der Waals surface area contributed by atoms with Crippen LogP contribution >= 0.6 is 23.2 Å². The van der Waals surface area contributed by atoms with Gasteiger partial charge < -0.3 is 0 Å². The molecule has 1 aromatic heterocycles. The number of halogens is 2. The van der Waals surface area contributed by atoms with Crippen LogP contribution in [0.3, 0.4) is 0 Å². The summed E-state index contributed by atoms with van der Waals surface area (Å²) in [5.74, 6) is 0. The molecule has 0 amide bonds. The summed E-state index contributed by atoms with van der Waals surface area (Å²) in [6.45, 7) is 1.94. The topological polar surface area (TPSA) is 12.9 Å². The number of rotatable bonds is 1. The third-order valence-corrected chi connectivity index (χ3v) is 2.83. The summed E-state index contributed by atoms with van der Waals surface area (Å²) in [4.78, 5) is 3.99. The molecule has 76 valence electrons. The summed E-state index contributed by atoms with van der Waals surface area (Å²) in [6, 6.07) is 11.8. The van der Waals surface area contributed by atoms with Gasteiger partial charge in [-0.2, -0.15) is 0 Å². The molecule has 0 aliphatic carbocycles. The van der Waals surface area contributed by atoms with E-state index in [2.05, 4.69) is 4.98 Å². The highest BCUT2D eigenvalue weighted by atomic mass is 35.5. The second kappa shape index (κ2) is 4.21. The Bertz CT molecular complexity index is 480. The van der Waals surface area contributed by atoms with Crippen molar-refractivity contribution in [2.24, 2.45) is 0 Å². The molecule has 1 aromatic carbocycles. The van der Waals surface area contributed by atoms with Gasteiger partial charge in [0, 0.05) is 0 Å². The lowest BCUT2D eigenvalue weighted by atomic mass is 10.0. The van der Waals surface area contributed by atoms with Gasteiger partial charge in [0.25, 0.3) is 0 Å². The van der Waals surface area contributed by atoms with E-state index in [4.69, 9.17) is 23.2 Å². The van der Waals surface area contributed by atoms with Gasteiger partial charge in [-0.1, -0.05) is 53.5 Å². The van der Waals surface area contributed by atoms with Gasteiger partial charge >= 0.3 is 0 Å². The second-order valence-electron chi connectivity index (χ2n) is 3.27. The zero-order chi connectivity index (χ0) is 10.8. The molecule has 0 saturated carbocycles. The van der Waals surface area contributed by atoms with E-state index in [-0.39, 0.29) is 0 Å². The van der Waals surface area contributed by atoms with Crippen LogP contribution in [0.4, 0.5) is 0 Å². The lowest BCUT2D eigenvalue weighted by Gasteiger charge is -2.07. The monoisotopic (exact) mass is 237 g/mol. The number of benzene rings is 1. The molecule has 0 saturated heterocycles. The summed E-state index contributed by atoms with van der Waals surface area (Å²) in [7, 11) is 0. The lowest BCUT2D eigenvalue weighted by Crippen LogP contribution is -1.88. The van der Waals surface area contributed by atoms with Crippen molar-refractivity contribution in [1.82, 2.24) is 4.98 Å². The van der Waals surface area contributed by atoms with E-state index >= 15 is 0 Å². The number of aromatic nitrogens is 1. The highest BCUT2D eigenvalue weighted by Gasteiger charge is 2.07. The Balaban J connectivity index is 2.63. The number of pyridine rings is 1. The largest absolute Gasteiger partial charge is 0.224 e. The van der Waals surface area contributed by atoms with Crippen LogP contribution in [-0.2, 0) is 0 Å². The van der Waals surface area contributed by atoms with Crippen LogP contribution in [0, 0.1) is 6.92 Å². The van der Waals surface area contributed by atoms with Crippen LogP contribution < -0.4 is 0 Å². The average Bonchev–Trinajstić information content (AvgIpc) is 2.24. The van der Waals surface area contributed by atoms with Gasteiger partial charge in [0.2, 0.25) is 0 Å².